The van der Waals surface area contributed by atoms with Crippen molar-refractivity contribution in [3.05, 3.63) is 24.3 Å². The second-order valence-corrected chi connectivity index (χ2v) is 9.15. The van der Waals surface area contributed by atoms with Gasteiger partial charge in [-0.1, -0.05) is 77.0 Å². The molecule has 4 aliphatic heterocycles. The van der Waals surface area contributed by atoms with Crippen LogP contribution in [0.3, 0.4) is 0 Å². The summed E-state index contributed by atoms with van der Waals surface area (Å²) in [6, 6.07) is 9.61. The third kappa shape index (κ3) is 7.68. The van der Waals surface area contributed by atoms with Crippen LogP contribution >= 0.6 is 0 Å². The zero-order valence-electron chi connectivity index (χ0n) is 18.3. The van der Waals surface area contributed by atoms with Gasteiger partial charge < -0.3 is 9.80 Å². The summed E-state index contributed by atoms with van der Waals surface area (Å²) in [7, 11) is 0. The van der Waals surface area contributed by atoms with E-state index in [-0.39, 0.29) is 0 Å². The molecule has 0 atom stereocenters. The highest BCUT2D eigenvalue weighted by atomic mass is 15.1. The first-order valence-corrected chi connectivity index (χ1v) is 12.5. The first kappa shape index (κ1) is 21.5. The van der Waals surface area contributed by atoms with Crippen LogP contribution in [0.4, 0.5) is 11.4 Å². The van der Waals surface area contributed by atoms with Crippen LogP contribution in [0.2, 0.25) is 0 Å². The molecular weight excluding hydrogens is 340 g/mol. The minimum atomic E-state index is 1.24. The number of nitrogens with zero attached hydrogens (tertiary/aromatic N) is 2. The van der Waals surface area contributed by atoms with Gasteiger partial charge in [-0.25, -0.2) is 0 Å². The van der Waals surface area contributed by atoms with Gasteiger partial charge in [0.2, 0.25) is 0 Å². The number of anilines is 2. The highest BCUT2D eigenvalue weighted by Gasteiger charge is 2.11. The fourth-order valence-electron chi connectivity index (χ4n) is 4.95. The summed E-state index contributed by atoms with van der Waals surface area (Å²) < 4.78 is 0. The predicted molar refractivity (Wildman–Crippen MR) is 125 cm³/mol. The molecule has 2 heteroatoms. The van der Waals surface area contributed by atoms with E-state index in [1.54, 1.807) is 0 Å². The van der Waals surface area contributed by atoms with Gasteiger partial charge in [0.05, 0.1) is 0 Å². The van der Waals surface area contributed by atoms with Gasteiger partial charge in [-0.15, -0.1) is 0 Å². The Bertz CT molecular complexity index is 439. The maximum atomic E-state index is 2.67. The lowest BCUT2D eigenvalue weighted by Gasteiger charge is -2.28. The van der Waals surface area contributed by atoms with Crippen molar-refractivity contribution < 1.29 is 0 Å². The van der Waals surface area contributed by atoms with E-state index in [9.17, 15) is 0 Å². The van der Waals surface area contributed by atoms with Crippen molar-refractivity contribution in [2.24, 2.45) is 0 Å². The van der Waals surface area contributed by atoms with Crippen molar-refractivity contribution in [3.8, 4) is 0 Å². The number of hydrogen-bond acceptors (Lipinski definition) is 2. The molecule has 4 bridgehead atoms. The molecule has 0 saturated heterocycles. The van der Waals surface area contributed by atoms with Gasteiger partial charge in [0.1, 0.15) is 0 Å². The van der Waals surface area contributed by atoms with Crippen LogP contribution in [0.1, 0.15) is 103 Å². The molecule has 0 N–H and O–H groups in total. The Labute approximate surface area is 174 Å². The Morgan fingerprint density at radius 2 is 0.536 bits per heavy atom. The fraction of sp³-hybridized carbons (Fsp3) is 0.769. The average molecular weight is 385 g/mol. The summed E-state index contributed by atoms with van der Waals surface area (Å²) >= 11 is 0. The van der Waals surface area contributed by atoms with Crippen LogP contribution in [0, 0.1) is 0 Å². The first-order chi connectivity index (χ1) is 13.9. The summed E-state index contributed by atoms with van der Waals surface area (Å²) in [5.41, 5.74) is 2.89. The van der Waals surface area contributed by atoms with Crippen LogP contribution in [0.15, 0.2) is 24.3 Å². The van der Waals surface area contributed by atoms with Crippen molar-refractivity contribution in [3.63, 3.8) is 0 Å². The average Bonchev–Trinajstić information content (AvgIpc) is 2.72. The van der Waals surface area contributed by atoms with E-state index < -0.39 is 0 Å². The van der Waals surface area contributed by atoms with E-state index in [1.807, 2.05) is 0 Å². The molecule has 4 heterocycles. The highest BCUT2D eigenvalue weighted by Crippen LogP contribution is 2.24. The lowest BCUT2D eigenvalue weighted by Crippen LogP contribution is -2.27. The molecule has 0 aromatic heterocycles. The van der Waals surface area contributed by atoms with Crippen LogP contribution in [0.25, 0.3) is 0 Å². The predicted octanol–water partition coefficient (Wildman–Crippen LogP) is 7.57. The maximum Gasteiger partial charge on any atom is 0.0367 e. The van der Waals surface area contributed by atoms with Crippen LogP contribution in [0.5, 0.6) is 0 Å². The summed E-state index contributed by atoms with van der Waals surface area (Å²) in [6.45, 7) is 4.96. The van der Waals surface area contributed by atoms with E-state index in [1.165, 1.54) is 140 Å². The number of benzene rings is 1. The Balaban J connectivity index is 1.74. The molecule has 0 spiro atoms. The number of fused-ring (bicyclic) bond motifs is 18. The molecule has 0 saturated carbocycles. The van der Waals surface area contributed by atoms with E-state index in [4.69, 9.17) is 0 Å². The number of hydrogen-bond donors (Lipinski definition) is 0. The van der Waals surface area contributed by atoms with Gasteiger partial charge in [-0.05, 0) is 49.9 Å². The minimum absolute atomic E-state index is 1.24. The lowest BCUT2D eigenvalue weighted by molar-refractivity contribution is 0.538. The summed E-state index contributed by atoms with van der Waals surface area (Å²) in [6.07, 6.45) is 22.5. The SMILES string of the molecule is c1cc2ccc1N1CCCCCCCCCCN2CCCCCCCCCC1. The van der Waals surface area contributed by atoms with Gasteiger partial charge in [0.15, 0.2) is 0 Å². The maximum absolute atomic E-state index is 2.67. The van der Waals surface area contributed by atoms with Gasteiger partial charge in [0, 0.05) is 37.6 Å². The van der Waals surface area contributed by atoms with E-state index in [0.717, 1.165) is 0 Å². The number of rotatable bonds is 0. The molecule has 1 aromatic rings. The van der Waals surface area contributed by atoms with E-state index >= 15 is 0 Å². The normalized spacial score (nSPS) is 22.1. The Morgan fingerprint density at radius 3 is 0.786 bits per heavy atom. The van der Waals surface area contributed by atoms with Crippen LogP contribution in [-0.4, -0.2) is 26.2 Å². The molecule has 28 heavy (non-hydrogen) atoms. The topological polar surface area (TPSA) is 6.48 Å². The smallest absolute Gasteiger partial charge is 0.0367 e. The quantitative estimate of drug-likeness (QED) is 0.455. The van der Waals surface area contributed by atoms with Gasteiger partial charge >= 0.3 is 0 Å². The standard InChI is InChI=1S/C26H44N2/c1-2-6-10-14-22-28-24-16-12-8-4-3-7-11-15-23-27(21-13-9-5-1)25-17-19-26(28)20-18-25/h17-20H,1-16,21-24H2. The van der Waals surface area contributed by atoms with Crippen molar-refractivity contribution >= 4 is 11.4 Å². The molecule has 0 fully saturated rings. The highest BCUT2D eigenvalue weighted by molar-refractivity contribution is 5.56. The summed E-state index contributed by atoms with van der Waals surface area (Å²) in [5, 5.41) is 0. The largest absolute Gasteiger partial charge is 0.372 e. The Morgan fingerprint density at radius 1 is 0.321 bits per heavy atom. The molecule has 4 aliphatic rings. The van der Waals surface area contributed by atoms with Gasteiger partial charge in [-0.3, -0.25) is 0 Å². The van der Waals surface area contributed by atoms with Gasteiger partial charge in [-0.2, -0.15) is 0 Å². The lowest BCUT2D eigenvalue weighted by atomic mass is 10.1. The molecule has 0 unspecified atom stereocenters. The van der Waals surface area contributed by atoms with Crippen molar-refractivity contribution in [2.75, 3.05) is 36.0 Å². The van der Waals surface area contributed by atoms with Crippen molar-refractivity contribution in [2.45, 2.75) is 103 Å². The fourth-order valence-corrected chi connectivity index (χ4v) is 4.95. The third-order valence-corrected chi connectivity index (χ3v) is 6.79. The zero-order valence-corrected chi connectivity index (χ0v) is 18.3. The molecular formula is C26H44N2. The second kappa shape index (κ2) is 13.1. The molecule has 158 valence electrons. The van der Waals surface area contributed by atoms with Crippen LogP contribution in [-0.2, 0) is 0 Å². The Kier molecular flexibility index (Phi) is 10.1. The molecule has 1 aromatic carbocycles. The van der Waals surface area contributed by atoms with E-state index in [0.29, 0.717) is 0 Å². The van der Waals surface area contributed by atoms with Gasteiger partial charge in [0.25, 0.3) is 0 Å². The summed E-state index contributed by atoms with van der Waals surface area (Å²) in [4.78, 5) is 5.34. The van der Waals surface area contributed by atoms with Crippen LogP contribution < -0.4 is 9.80 Å². The molecule has 0 radical (unpaired) electrons. The Hall–Kier alpha value is -1.18. The van der Waals surface area contributed by atoms with E-state index in [2.05, 4.69) is 34.1 Å². The monoisotopic (exact) mass is 384 g/mol. The third-order valence-electron chi connectivity index (χ3n) is 6.79. The molecule has 2 nitrogen and oxygen atoms in total. The zero-order chi connectivity index (χ0) is 19.3. The molecule has 5 rings (SSSR count). The minimum Gasteiger partial charge on any atom is -0.372 e. The van der Waals surface area contributed by atoms with Crippen molar-refractivity contribution in [1.29, 1.82) is 0 Å². The summed E-state index contributed by atoms with van der Waals surface area (Å²) in [5.74, 6) is 0. The molecule has 0 amide bonds. The van der Waals surface area contributed by atoms with Crippen molar-refractivity contribution in [1.82, 2.24) is 0 Å². The first-order valence-electron chi connectivity index (χ1n) is 12.5. The molecule has 0 aliphatic carbocycles. The second-order valence-electron chi connectivity index (χ2n) is 9.15.